The van der Waals surface area contributed by atoms with Gasteiger partial charge in [-0.05, 0) is 43.2 Å². The maximum absolute atomic E-state index is 13.4. The number of methoxy groups -OCH3 is 2. The molecule has 34 heavy (non-hydrogen) atoms. The van der Waals surface area contributed by atoms with E-state index in [0.29, 0.717) is 23.1 Å². The van der Waals surface area contributed by atoms with E-state index in [1.807, 2.05) is 50.2 Å². The van der Waals surface area contributed by atoms with Crippen molar-refractivity contribution in [3.63, 3.8) is 0 Å². The molecular formula is C25H24N2O6S. The van der Waals surface area contributed by atoms with Gasteiger partial charge in [0.25, 0.3) is 10.0 Å². The highest BCUT2D eigenvalue weighted by atomic mass is 32.2. The molecule has 0 fully saturated rings. The maximum atomic E-state index is 13.4. The Hall–Kier alpha value is -3.72. The van der Waals surface area contributed by atoms with Gasteiger partial charge < -0.3 is 18.7 Å². The van der Waals surface area contributed by atoms with E-state index in [2.05, 4.69) is 9.88 Å². The molecule has 0 saturated carbocycles. The molecule has 5 rings (SSSR count). The van der Waals surface area contributed by atoms with Crippen LogP contribution in [0.5, 0.6) is 17.2 Å². The van der Waals surface area contributed by atoms with E-state index in [0.717, 1.165) is 16.7 Å². The largest absolute Gasteiger partial charge is 0.495 e. The molecule has 9 heteroatoms. The number of hydrogen-bond donors (Lipinski definition) is 1. The van der Waals surface area contributed by atoms with Crippen LogP contribution in [0.1, 0.15) is 19.4 Å². The van der Waals surface area contributed by atoms with Crippen LogP contribution in [0.15, 0.2) is 64.0 Å². The Morgan fingerprint density at radius 2 is 1.68 bits per heavy atom. The summed E-state index contributed by atoms with van der Waals surface area (Å²) in [5.41, 5.74) is 2.89. The summed E-state index contributed by atoms with van der Waals surface area (Å²) in [4.78, 5) is -0.130. The third kappa shape index (κ3) is 3.62. The molecule has 4 aromatic rings. The summed E-state index contributed by atoms with van der Waals surface area (Å²) in [7, 11) is -1.35. The predicted octanol–water partition coefficient (Wildman–Crippen LogP) is 5.03. The van der Waals surface area contributed by atoms with Crippen molar-refractivity contribution >= 4 is 26.8 Å². The summed E-state index contributed by atoms with van der Waals surface area (Å²) >= 11 is 0. The van der Waals surface area contributed by atoms with Crippen LogP contribution in [0.4, 0.5) is 5.82 Å². The molecule has 2 heterocycles. The first kappa shape index (κ1) is 22.1. The van der Waals surface area contributed by atoms with Gasteiger partial charge in [0, 0.05) is 12.0 Å². The first-order valence-corrected chi connectivity index (χ1v) is 12.2. The van der Waals surface area contributed by atoms with Crippen LogP contribution < -0.4 is 18.9 Å². The normalized spacial score (nSPS) is 14.5. The third-order valence-corrected chi connectivity index (χ3v) is 7.17. The summed E-state index contributed by atoms with van der Waals surface area (Å²) in [6.07, 6.45) is 0.653. The number of aromatic nitrogens is 1. The maximum Gasteiger partial charge on any atom is 0.270 e. The van der Waals surface area contributed by atoms with Gasteiger partial charge in [0.1, 0.15) is 28.2 Å². The molecule has 0 spiro atoms. The number of ether oxygens (including phenoxy) is 3. The highest BCUT2D eigenvalue weighted by Crippen LogP contribution is 2.48. The molecule has 0 bridgehead atoms. The topological polar surface area (TPSA) is 99.9 Å². The SMILES string of the molecule is COc1cccc(OC)c1S(=O)(=O)Nc1noc2cc(-c3ccccc3)c3c(c12)OC(C)(C)C3. The van der Waals surface area contributed by atoms with Crippen molar-refractivity contribution in [3.05, 3.63) is 60.2 Å². The molecule has 1 aromatic heterocycles. The fraction of sp³-hybridized carbons (Fsp3) is 0.240. The van der Waals surface area contributed by atoms with Crippen LogP contribution >= 0.6 is 0 Å². The van der Waals surface area contributed by atoms with Crippen molar-refractivity contribution in [2.24, 2.45) is 0 Å². The number of benzene rings is 3. The first-order valence-electron chi connectivity index (χ1n) is 10.7. The summed E-state index contributed by atoms with van der Waals surface area (Å²) in [5, 5.41) is 4.52. The molecule has 8 nitrogen and oxygen atoms in total. The summed E-state index contributed by atoms with van der Waals surface area (Å²) < 4.78 is 51.8. The van der Waals surface area contributed by atoms with Crippen LogP contribution in [-0.4, -0.2) is 33.4 Å². The Bertz CT molecular complexity index is 1470. The van der Waals surface area contributed by atoms with Crippen molar-refractivity contribution in [1.82, 2.24) is 5.16 Å². The Morgan fingerprint density at radius 3 is 2.32 bits per heavy atom. The average Bonchev–Trinajstić information content (AvgIpc) is 3.36. The number of fused-ring (bicyclic) bond motifs is 3. The third-order valence-electron chi connectivity index (χ3n) is 5.77. The standard InChI is InChI=1S/C25H24N2O6S/c1-25(2)14-17-16(15-9-6-5-7-10-15)13-20-21(22(17)32-25)24(26-33-20)27-34(28,29)23-18(30-3)11-8-12-19(23)31-4/h5-13H,14H2,1-4H3,(H,26,27). The number of rotatable bonds is 6. The minimum atomic E-state index is -4.15. The lowest BCUT2D eigenvalue weighted by molar-refractivity contribution is 0.140. The molecule has 0 aliphatic carbocycles. The monoisotopic (exact) mass is 480 g/mol. The number of hydrogen-bond acceptors (Lipinski definition) is 7. The number of sulfonamides is 1. The van der Waals surface area contributed by atoms with Crippen LogP contribution in [0.25, 0.3) is 22.1 Å². The molecule has 1 N–H and O–H groups in total. The van der Waals surface area contributed by atoms with Crippen LogP contribution in [0.2, 0.25) is 0 Å². The molecule has 0 atom stereocenters. The second kappa shape index (κ2) is 7.95. The molecule has 0 amide bonds. The van der Waals surface area contributed by atoms with Gasteiger partial charge in [0.05, 0.1) is 14.2 Å². The van der Waals surface area contributed by atoms with Gasteiger partial charge in [0.2, 0.25) is 0 Å². The van der Waals surface area contributed by atoms with Crippen molar-refractivity contribution in [2.75, 3.05) is 18.9 Å². The van der Waals surface area contributed by atoms with E-state index in [4.69, 9.17) is 18.7 Å². The van der Waals surface area contributed by atoms with Gasteiger partial charge in [-0.3, -0.25) is 4.72 Å². The molecular weight excluding hydrogens is 456 g/mol. The summed E-state index contributed by atoms with van der Waals surface area (Å²) in [6.45, 7) is 3.98. The zero-order valence-corrected chi connectivity index (χ0v) is 20.0. The fourth-order valence-electron chi connectivity index (χ4n) is 4.34. The second-order valence-corrected chi connectivity index (χ2v) is 10.3. The highest BCUT2D eigenvalue weighted by molar-refractivity contribution is 7.93. The molecule has 1 aliphatic rings. The Kier molecular flexibility index (Phi) is 5.16. The van der Waals surface area contributed by atoms with Crippen LogP contribution in [0.3, 0.4) is 0 Å². The lowest BCUT2D eigenvalue weighted by atomic mass is 9.92. The van der Waals surface area contributed by atoms with Crippen molar-refractivity contribution in [3.8, 4) is 28.4 Å². The van der Waals surface area contributed by atoms with Gasteiger partial charge in [-0.15, -0.1) is 0 Å². The molecule has 0 radical (unpaired) electrons. The van der Waals surface area contributed by atoms with E-state index in [-0.39, 0.29) is 22.2 Å². The van der Waals surface area contributed by atoms with E-state index in [9.17, 15) is 8.42 Å². The van der Waals surface area contributed by atoms with Gasteiger partial charge in [-0.1, -0.05) is 41.6 Å². The Labute approximate surface area is 197 Å². The van der Waals surface area contributed by atoms with Gasteiger partial charge in [0.15, 0.2) is 16.3 Å². The molecule has 0 saturated heterocycles. The quantitative estimate of drug-likeness (QED) is 0.413. The van der Waals surface area contributed by atoms with Gasteiger partial charge in [-0.25, -0.2) is 8.42 Å². The second-order valence-electron chi connectivity index (χ2n) is 8.64. The molecule has 0 unspecified atom stereocenters. The van der Waals surface area contributed by atoms with E-state index in [1.54, 1.807) is 18.2 Å². The molecule has 3 aromatic carbocycles. The van der Waals surface area contributed by atoms with Crippen molar-refractivity contribution in [1.29, 1.82) is 0 Å². The number of anilines is 1. The molecule has 1 aliphatic heterocycles. The summed E-state index contributed by atoms with van der Waals surface area (Å²) in [5.74, 6) is 0.895. The highest BCUT2D eigenvalue weighted by Gasteiger charge is 2.37. The van der Waals surface area contributed by atoms with Crippen molar-refractivity contribution < 1.29 is 27.2 Å². The number of nitrogens with zero attached hydrogens (tertiary/aromatic N) is 1. The van der Waals surface area contributed by atoms with E-state index >= 15 is 0 Å². The zero-order valence-electron chi connectivity index (χ0n) is 19.2. The van der Waals surface area contributed by atoms with Crippen molar-refractivity contribution in [2.45, 2.75) is 30.8 Å². The Balaban J connectivity index is 1.67. The fourth-order valence-corrected chi connectivity index (χ4v) is 5.67. The van der Waals surface area contributed by atoms with Crippen LogP contribution in [0, 0.1) is 0 Å². The minimum absolute atomic E-state index is 0.0384. The van der Waals surface area contributed by atoms with E-state index in [1.165, 1.54) is 14.2 Å². The van der Waals surface area contributed by atoms with Crippen LogP contribution in [-0.2, 0) is 16.4 Å². The average molecular weight is 481 g/mol. The van der Waals surface area contributed by atoms with Gasteiger partial charge in [-0.2, -0.15) is 0 Å². The van der Waals surface area contributed by atoms with E-state index < -0.39 is 15.6 Å². The van der Waals surface area contributed by atoms with Gasteiger partial charge >= 0.3 is 0 Å². The first-order chi connectivity index (χ1) is 16.2. The minimum Gasteiger partial charge on any atom is -0.495 e. The zero-order chi connectivity index (χ0) is 24.1. The lowest BCUT2D eigenvalue weighted by Crippen LogP contribution is -2.24. The molecule has 176 valence electrons. The summed E-state index contributed by atoms with van der Waals surface area (Å²) in [6, 6.07) is 16.5. The smallest absolute Gasteiger partial charge is 0.270 e. The lowest BCUT2D eigenvalue weighted by Gasteiger charge is -2.17. The Morgan fingerprint density at radius 1 is 1.00 bits per heavy atom. The predicted molar refractivity (Wildman–Crippen MR) is 128 cm³/mol. The number of nitrogens with one attached hydrogen (secondary N) is 1.